The van der Waals surface area contributed by atoms with Crippen LogP contribution in [-0.2, 0) is 5.41 Å². The van der Waals surface area contributed by atoms with Crippen LogP contribution in [0.15, 0.2) is 48.5 Å². The summed E-state index contributed by atoms with van der Waals surface area (Å²) < 4.78 is 7.97. The molecule has 0 aliphatic rings. The molecule has 0 heterocycles. The number of rotatable bonds is 3. The van der Waals surface area contributed by atoms with Crippen LogP contribution >= 0.6 is 0 Å². The van der Waals surface area contributed by atoms with Crippen LogP contribution in [0, 0.1) is 0 Å². The Hall–Kier alpha value is -1.96. The molecule has 0 amide bonds. The van der Waals surface area contributed by atoms with Crippen LogP contribution in [0.3, 0.4) is 0 Å². The molecule has 2 N–H and O–H groups in total. The van der Waals surface area contributed by atoms with E-state index in [0.717, 1.165) is 17.5 Å². The zero-order chi connectivity index (χ0) is 13.9. The molecule has 2 aromatic carbocycles. The topological polar surface area (TPSA) is 40.5 Å². The van der Waals surface area contributed by atoms with E-state index in [1.54, 1.807) is 24.3 Å². The van der Waals surface area contributed by atoms with Crippen molar-refractivity contribution in [3.8, 4) is 11.5 Å². The SMILES string of the molecule is [2H]CC(CC)(c1ccc(O)cc1)c1ccc(O)cc1. The van der Waals surface area contributed by atoms with Crippen molar-refractivity contribution < 1.29 is 11.6 Å². The van der Waals surface area contributed by atoms with E-state index in [4.69, 9.17) is 1.37 Å². The fourth-order valence-corrected chi connectivity index (χ4v) is 2.14. The number of hydrogen-bond acceptors (Lipinski definition) is 2. The normalized spacial score (nSPS) is 12.2. The van der Waals surface area contributed by atoms with Crippen molar-refractivity contribution in [1.29, 1.82) is 0 Å². The van der Waals surface area contributed by atoms with E-state index in [9.17, 15) is 10.2 Å². The first-order valence-corrected chi connectivity index (χ1v) is 6.00. The highest BCUT2D eigenvalue weighted by Gasteiger charge is 2.26. The molecule has 0 saturated heterocycles. The van der Waals surface area contributed by atoms with Gasteiger partial charge >= 0.3 is 0 Å². The Morgan fingerprint density at radius 2 is 1.28 bits per heavy atom. The zero-order valence-corrected chi connectivity index (χ0v) is 10.4. The summed E-state index contributed by atoms with van der Waals surface area (Å²) in [5.74, 6) is 0.453. The van der Waals surface area contributed by atoms with Crippen LogP contribution in [-0.4, -0.2) is 10.2 Å². The minimum atomic E-state index is -0.401. The quantitative estimate of drug-likeness (QED) is 0.860. The lowest BCUT2D eigenvalue weighted by Gasteiger charge is -2.29. The van der Waals surface area contributed by atoms with Crippen molar-refractivity contribution in [1.82, 2.24) is 0 Å². The summed E-state index contributed by atoms with van der Waals surface area (Å²) in [5, 5.41) is 18.8. The molecule has 18 heavy (non-hydrogen) atoms. The molecule has 0 spiro atoms. The molecule has 0 fully saturated rings. The zero-order valence-electron chi connectivity index (χ0n) is 11.4. The molecule has 2 rings (SSSR count). The van der Waals surface area contributed by atoms with E-state index < -0.39 is 5.41 Å². The van der Waals surface area contributed by atoms with Gasteiger partial charge < -0.3 is 10.2 Å². The molecule has 0 radical (unpaired) electrons. The molecule has 0 aliphatic heterocycles. The summed E-state index contributed by atoms with van der Waals surface area (Å²) in [6.45, 7) is 2.27. The standard InChI is InChI=1S/C16H18O2/c1-3-16(2,12-4-8-14(17)9-5-12)13-6-10-15(18)11-7-13/h4-11,17-18H,3H2,1-2H3/i2D. The average Bonchev–Trinajstić information content (AvgIpc) is 2.44. The van der Waals surface area contributed by atoms with Gasteiger partial charge in [0.1, 0.15) is 11.5 Å². The van der Waals surface area contributed by atoms with E-state index in [1.165, 1.54) is 0 Å². The van der Waals surface area contributed by atoms with Gasteiger partial charge in [-0.25, -0.2) is 0 Å². The van der Waals surface area contributed by atoms with Crippen molar-refractivity contribution in [3.05, 3.63) is 59.7 Å². The van der Waals surface area contributed by atoms with Crippen molar-refractivity contribution in [2.45, 2.75) is 25.7 Å². The first-order chi connectivity index (χ1) is 9.12. The van der Waals surface area contributed by atoms with Gasteiger partial charge in [-0.3, -0.25) is 0 Å². The Kier molecular flexibility index (Phi) is 2.93. The van der Waals surface area contributed by atoms with E-state index in [-0.39, 0.29) is 18.4 Å². The number of phenolic OH excluding ortho intramolecular Hbond substituents is 2. The van der Waals surface area contributed by atoms with Crippen LogP contribution < -0.4 is 0 Å². The second-order valence-corrected chi connectivity index (χ2v) is 4.53. The number of phenols is 2. The lowest BCUT2D eigenvalue weighted by Crippen LogP contribution is -2.22. The van der Waals surface area contributed by atoms with Crippen LogP contribution in [0.1, 0.15) is 32.7 Å². The fraction of sp³-hybridized carbons (Fsp3) is 0.250. The van der Waals surface area contributed by atoms with Crippen molar-refractivity contribution in [2.75, 3.05) is 0 Å². The van der Waals surface area contributed by atoms with E-state index in [2.05, 4.69) is 0 Å². The Balaban J connectivity index is 2.53. The van der Waals surface area contributed by atoms with Gasteiger partial charge in [-0.1, -0.05) is 38.1 Å². The van der Waals surface area contributed by atoms with Crippen molar-refractivity contribution in [2.24, 2.45) is 0 Å². The summed E-state index contributed by atoms with van der Waals surface area (Å²) in [6, 6.07) is 14.0. The maximum absolute atomic E-state index is 9.39. The number of aromatic hydroxyl groups is 2. The van der Waals surface area contributed by atoms with Gasteiger partial charge in [0, 0.05) is 6.79 Å². The molecule has 0 unspecified atom stereocenters. The molecular formula is C16H18O2. The molecule has 0 atom stereocenters. The van der Waals surface area contributed by atoms with Gasteiger partial charge in [0.2, 0.25) is 0 Å². The summed E-state index contributed by atoms with van der Waals surface area (Å²) in [4.78, 5) is 0. The molecule has 2 aromatic rings. The lowest BCUT2D eigenvalue weighted by atomic mass is 9.74. The Morgan fingerprint density at radius 1 is 0.889 bits per heavy atom. The Morgan fingerprint density at radius 3 is 1.56 bits per heavy atom. The maximum Gasteiger partial charge on any atom is 0.115 e. The predicted octanol–water partition coefficient (Wildman–Crippen LogP) is 3.81. The van der Waals surface area contributed by atoms with Gasteiger partial charge in [0.05, 0.1) is 0 Å². The van der Waals surface area contributed by atoms with E-state index in [1.807, 2.05) is 31.2 Å². The summed E-state index contributed by atoms with van der Waals surface area (Å²) in [6.07, 6.45) is 0.784. The Labute approximate surface area is 109 Å². The highest BCUT2D eigenvalue weighted by Crippen LogP contribution is 2.36. The number of hydrogen-bond donors (Lipinski definition) is 2. The average molecular weight is 243 g/mol. The monoisotopic (exact) mass is 243 g/mol. The van der Waals surface area contributed by atoms with Crippen LogP contribution in [0.2, 0.25) is 0 Å². The molecule has 0 bridgehead atoms. The Bertz CT molecular complexity index is 480. The van der Waals surface area contributed by atoms with Crippen LogP contribution in [0.4, 0.5) is 0 Å². The number of benzene rings is 2. The second kappa shape index (κ2) is 4.73. The predicted molar refractivity (Wildman–Crippen MR) is 73.0 cm³/mol. The van der Waals surface area contributed by atoms with Crippen molar-refractivity contribution in [3.63, 3.8) is 0 Å². The summed E-state index contributed by atoms with van der Waals surface area (Å²) in [7, 11) is 0. The first-order valence-electron chi connectivity index (χ1n) is 6.71. The third-order valence-corrected chi connectivity index (χ3v) is 3.44. The van der Waals surface area contributed by atoms with Crippen molar-refractivity contribution >= 4 is 0 Å². The van der Waals surface area contributed by atoms with Gasteiger partial charge in [0.15, 0.2) is 0 Å². The second-order valence-electron chi connectivity index (χ2n) is 4.53. The fourth-order valence-electron chi connectivity index (χ4n) is 2.14. The third kappa shape index (κ3) is 2.19. The smallest absolute Gasteiger partial charge is 0.115 e. The summed E-state index contributed by atoms with van der Waals surface area (Å²) in [5.41, 5.74) is 1.61. The highest BCUT2D eigenvalue weighted by molar-refractivity contribution is 5.41. The van der Waals surface area contributed by atoms with Gasteiger partial charge in [0.25, 0.3) is 0 Å². The minimum Gasteiger partial charge on any atom is -0.508 e. The molecule has 0 aliphatic carbocycles. The summed E-state index contributed by atoms with van der Waals surface area (Å²) >= 11 is 0. The molecule has 94 valence electrons. The highest BCUT2D eigenvalue weighted by atomic mass is 16.3. The van der Waals surface area contributed by atoms with Gasteiger partial charge in [-0.05, 0) is 41.8 Å². The van der Waals surface area contributed by atoms with Crippen LogP contribution in [0.5, 0.6) is 11.5 Å². The van der Waals surface area contributed by atoms with E-state index in [0.29, 0.717) is 0 Å². The molecule has 0 aromatic heterocycles. The molecule has 0 saturated carbocycles. The minimum absolute atomic E-state index is 0.221. The largest absolute Gasteiger partial charge is 0.508 e. The molecular weight excluding hydrogens is 224 g/mol. The van der Waals surface area contributed by atoms with Gasteiger partial charge in [-0.2, -0.15) is 0 Å². The first kappa shape index (κ1) is 11.1. The third-order valence-electron chi connectivity index (χ3n) is 3.44. The van der Waals surface area contributed by atoms with Gasteiger partial charge in [-0.15, -0.1) is 0 Å². The maximum atomic E-state index is 9.39. The van der Waals surface area contributed by atoms with E-state index >= 15 is 0 Å². The molecule has 2 nitrogen and oxygen atoms in total. The van der Waals surface area contributed by atoms with Crippen LogP contribution in [0.25, 0.3) is 0 Å². The molecule has 2 heteroatoms. The lowest BCUT2D eigenvalue weighted by molar-refractivity contribution is 0.472.